The SMILES string of the molecule is CCC(Oc1ccc(I)c(Cl)c1)C(=O)OC. The number of benzene rings is 1. The fraction of sp³-hybridized carbons (Fsp3) is 0.364. The average Bonchev–Trinajstić information content (AvgIpc) is 2.29. The van der Waals surface area contributed by atoms with Crippen LogP contribution in [0.25, 0.3) is 0 Å². The highest BCUT2D eigenvalue weighted by molar-refractivity contribution is 14.1. The molecule has 16 heavy (non-hydrogen) atoms. The van der Waals surface area contributed by atoms with Crippen LogP contribution in [0.1, 0.15) is 13.3 Å². The van der Waals surface area contributed by atoms with Gasteiger partial charge in [0.1, 0.15) is 5.75 Å². The van der Waals surface area contributed by atoms with Gasteiger partial charge in [0.05, 0.1) is 12.1 Å². The summed E-state index contributed by atoms with van der Waals surface area (Å²) in [6.45, 7) is 1.86. The van der Waals surface area contributed by atoms with Crippen LogP contribution in [0, 0.1) is 3.57 Å². The van der Waals surface area contributed by atoms with Gasteiger partial charge in [0.2, 0.25) is 0 Å². The smallest absolute Gasteiger partial charge is 0.347 e. The highest BCUT2D eigenvalue weighted by Gasteiger charge is 2.18. The van der Waals surface area contributed by atoms with E-state index in [4.69, 9.17) is 16.3 Å². The van der Waals surface area contributed by atoms with Crippen LogP contribution in [-0.4, -0.2) is 19.2 Å². The highest BCUT2D eigenvalue weighted by Crippen LogP contribution is 2.24. The van der Waals surface area contributed by atoms with Crippen molar-refractivity contribution in [3.8, 4) is 5.75 Å². The lowest BCUT2D eigenvalue weighted by Gasteiger charge is -2.15. The second-order valence-electron chi connectivity index (χ2n) is 3.11. The predicted molar refractivity (Wildman–Crippen MR) is 70.9 cm³/mol. The molecule has 0 amide bonds. The van der Waals surface area contributed by atoms with Crippen molar-refractivity contribution in [1.29, 1.82) is 0 Å². The summed E-state index contributed by atoms with van der Waals surface area (Å²) in [7, 11) is 1.34. The molecule has 1 aromatic carbocycles. The Morgan fingerprint density at radius 3 is 2.75 bits per heavy atom. The van der Waals surface area contributed by atoms with Crippen molar-refractivity contribution in [2.24, 2.45) is 0 Å². The Morgan fingerprint density at radius 2 is 2.25 bits per heavy atom. The minimum Gasteiger partial charge on any atom is -0.479 e. The minimum absolute atomic E-state index is 0.378. The third-order valence-corrected chi connectivity index (χ3v) is 3.58. The molecule has 0 radical (unpaired) electrons. The largest absolute Gasteiger partial charge is 0.479 e. The topological polar surface area (TPSA) is 35.5 Å². The zero-order valence-electron chi connectivity index (χ0n) is 9.00. The molecule has 0 bridgehead atoms. The molecule has 0 spiro atoms. The molecule has 0 aromatic heterocycles. The van der Waals surface area contributed by atoms with Gasteiger partial charge in [-0.2, -0.15) is 0 Å². The Balaban J connectivity index is 2.78. The van der Waals surface area contributed by atoms with Crippen molar-refractivity contribution in [3.63, 3.8) is 0 Å². The molecule has 0 saturated carbocycles. The van der Waals surface area contributed by atoms with Crippen molar-refractivity contribution in [2.75, 3.05) is 7.11 Å². The van der Waals surface area contributed by atoms with Crippen LogP contribution < -0.4 is 4.74 Å². The van der Waals surface area contributed by atoms with Gasteiger partial charge in [0.25, 0.3) is 0 Å². The lowest BCUT2D eigenvalue weighted by Crippen LogP contribution is -2.27. The predicted octanol–water partition coefficient (Wildman–Crippen LogP) is 3.28. The van der Waals surface area contributed by atoms with Crippen molar-refractivity contribution >= 4 is 40.2 Å². The van der Waals surface area contributed by atoms with E-state index in [1.165, 1.54) is 7.11 Å². The molecule has 0 heterocycles. The second-order valence-corrected chi connectivity index (χ2v) is 4.68. The van der Waals surface area contributed by atoms with E-state index in [0.717, 1.165) is 3.57 Å². The number of rotatable bonds is 4. The van der Waals surface area contributed by atoms with Gasteiger partial charge in [-0.3, -0.25) is 0 Å². The van der Waals surface area contributed by atoms with Gasteiger partial charge in [-0.05, 0) is 47.2 Å². The van der Waals surface area contributed by atoms with Crippen LogP contribution >= 0.6 is 34.2 Å². The van der Waals surface area contributed by atoms with Crippen LogP contribution in [-0.2, 0) is 9.53 Å². The first-order valence-corrected chi connectivity index (χ1v) is 6.23. The first kappa shape index (κ1) is 13.6. The Hall–Kier alpha value is -0.490. The van der Waals surface area contributed by atoms with Crippen molar-refractivity contribution in [2.45, 2.75) is 19.4 Å². The molecule has 1 aromatic rings. The third-order valence-electron chi connectivity index (χ3n) is 2.00. The van der Waals surface area contributed by atoms with E-state index in [1.807, 2.05) is 13.0 Å². The molecule has 88 valence electrons. The van der Waals surface area contributed by atoms with E-state index in [-0.39, 0.29) is 5.97 Å². The van der Waals surface area contributed by atoms with E-state index < -0.39 is 6.10 Å². The first-order valence-electron chi connectivity index (χ1n) is 4.78. The minimum atomic E-state index is -0.582. The molecule has 0 N–H and O–H groups in total. The number of esters is 1. The summed E-state index contributed by atoms with van der Waals surface area (Å²) < 4.78 is 11.1. The summed E-state index contributed by atoms with van der Waals surface area (Å²) in [6.07, 6.45) is -0.0304. The molecule has 5 heteroatoms. The van der Waals surface area contributed by atoms with Crippen LogP contribution in [0.5, 0.6) is 5.75 Å². The van der Waals surface area contributed by atoms with Gasteiger partial charge in [-0.25, -0.2) is 4.79 Å². The Morgan fingerprint density at radius 1 is 1.56 bits per heavy atom. The Kier molecular flexibility index (Phi) is 5.34. The van der Waals surface area contributed by atoms with Crippen molar-refractivity contribution in [3.05, 3.63) is 26.8 Å². The van der Waals surface area contributed by atoms with Gasteiger partial charge >= 0.3 is 5.97 Å². The Labute approximate surface area is 113 Å². The molecule has 0 saturated heterocycles. The van der Waals surface area contributed by atoms with Crippen LogP contribution in [0.3, 0.4) is 0 Å². The molecule has 1 unspecified atom stereocenters. The van der Waals surface area contributed by atoms with Crippen LogP contribution in [0.2, 0.25) is 5.02 Å². The maximum atomic E-state index is 11.3. The normalized spacial score (nSPS) is 12.0. The lowest BCUT2D eigenvalue weighted by atomic mass is 10.2. The number of hydrogen-bond acceptors (Lipinski definition) is 3. The monoisotopic (exact) mass is 354 g/mol. The molecular formula is C11H12ClIO3. The third kappa shape index (κ3) is 3.52. The quantitative estimate of drug-likeness (QED) is 0.615. The summed E-state index contributed by atoms with van der Waals surface area (Å²) in [4.78, 5) is 11.3. The molecule has 3 nitrogen and oxygen atoms in total. The second kappa shape index (κ2) is 6.30. The summed E-state index contributed by atoms with van der Waals surface area (Å²) >= 11 is 8.08. The van der Waals surface area contributed by atoms with E-state index in [9.17, 15) is 4.79 Å². The molecule has 0 aliphatic heterocycles. The summed E-state index contributed by atoms with van der Waals surface area (Å²) in [5, 5.41) is 0.609. The van der Waals surface area contributed by atoms with E-state index >= 15 is 0 Å². The number of hydrogen-bond donors (Lipinski definition) is 0. The van der Waals surface area contributed by atoms with E-state index in [0.29, 0.717) is 17.2 Å². The molecule has 1 atom stereocenters. The van der Waals surface area contributed by atoms with Gasteiger partial charge in [0.15, 0.2) is 6.10 Å². The highest BCUT2D eigenvalue weighted by atomic mass is 127. The Bertz CT molecular complexity index is 381. The van der Waals surface area contributed by atoms with Gasteiger partial charge in [0, 0.05) is 3.57 Å². The number of carbonyl (C=O) groups excluding carboxylic acids is 1. The number of carbonyl (C=O) groups is 1. The van der Waals surface area contributed by atoms with Gasteiger partial charge < -0.3 is 9.47 Å². The van der Waals surface area contributed by atoms with Gasteiger partial charge in [-0.1, -0.05) is 18.5 Å². The maximum Gasteiger partial charge on any atom is 0.347 e. The zero-order valence-corrected chi connectivity index (χ0v) is 11.9. The van der Waals surface area contributed by atoms with Crippen molar-refractivity contribution in [1.82, 2.24) is 0 Å². The molecule has 1 rings (SSSR count). The molecular weight excluding hydrogens is 342 g/mol. The summed E-state index contributed by atoms with van der Waals surface area (Å²) in [6, 6.07) is 5.30. The summed E-state index contributed by atoms with van der Waals surface area (Å²) in [5.74, 6) is 0.194. The zero-order chi connectivity index (χ0) is 12.1. The lowest BCUT2D eigenvalue weighted by molar-refractivity contribution is -0.148. The number of methoxy groups -OCH3 is 1. The fourth-order valence-corrected chi connectivity index (χ4v) is 1.65. The van der Waals surface area contributed by atoms with Crippen LogP contribution in [0.4, 0.5) is 0 Å². The molecule has 0 aliphatic rings. The summed E-state index contributed by atoms with van der Waals surface area (Å²) in [5.41, 5.74) is 0. The molecule has 0 fully saturated rings. The molecule has 0 aliphatic carbocycles. The average molecular weight is 355 g/mol. The fourth-order valence-electron chi connectivity index (χ4n) is 1.14. The van der Waals surface area contributed by atoms with E-state index in [2.05, 4.69) is 27.3 Å². The van der Waals surface area contributed by atoms with Crippen molar-refractivity contribution < 1.29 is 14.3 Å². The maximum absolute atomic E-state index is 11.3. The van der Waals surface area contributed by atoms with Gasteiger partial charge in [-0.15, -0.1) is 0 Å². The van der Waals surface area contributed by atoms with Crippen LogP contribution in [0.15, 0.2) is 18.2 Å². The standard InChI is InChI=1S/C11H12ClIO3/c1-3-10(11(14)15-2)16-7-4-5-9(13)8(12)6-7/h4-6,10H,3H2,1-2H3. The first-order chi connectivity index (χ1) is 7.58. The number of halogens is 2. The number of ether oxygens (including phenoxy) is 2. The van der Waals surface area contributed by atoms with E-state index in [1.54, 1.807) is 12.1 Å².